The Kier molecular flexibility index (Phi) is 3.38. The third-order valence-electron chi connectivity index (χ3n) is 2.28. The molecule has 5 nitrogen and oxygen atoms in total. The van der Waals surface area contributed by atoms with Crippen molar-refractivity contribution in [3.63, 3.8) is 0 Å². The van der Waals surface area contributed by atoms with E-state index < -0.39 is 0 Å². The molecular formula is C11H12N4O. The molecule has 1 unspecified atom stereocenters. The number of aromatic nitrogens is 1. The van der Waals surface area contributed by atoms with Gasteiger partial charge in [-0.1, -0.05) is 6.07 Å². The van der Waals surface area contributed by atoms with Gasteiger partial charge in [0, 0.05) is 37.8 Å². The monoisotopic (exact) mass is 216 g/mol. The smallest absolute Gasteiger partial charge is 0.229 e. The fourth-order valence-corrected chi connectivity index (χ4v) is 1.39. The first-order chi connectivity index (χ1) is 7.86. The maximum Gasteiger partial charge on any atom is 0.229 e. The lowest BCUT2D eigenvalue weighted by molar-refractivity contribution is -0.122. The van der Waals surface area contributed by atoms with Gasteiger partial charge in [0.15, 0.2) is 0 Å². The molecule has 1 atom stereocenters. The highest BCUT2D eigenvalue weighted by Gasteiger charge is 2.16. The van der Waals surface area contributed by atoms with E-state index in [0.29, 0.717) is 13.0 Å². The normalized spacial score (nSPS) is 18.4. The van der Waals surface area contributed by atoms with Crippen molar-refractivity contribution in [2.45, 2.75) is 13.0 Å². The molecule has 0 fully saturated rings. The lowest BCUT2D eigenvalue weighted by Gasteiger charge is -2.11. The fraction of sp³-hybridized carbons (Fsp3) is 0.273. The summed E-state index contributed by atoms with van der Waals surface area (Å²) in [6, 6.07) is 3.76. The lowest BCUT2D eigenvalue weighted by Crippen LogP contribution is -2.32. The van der Waals surface area contributed by atoms with Gasteiger partial charge >= 0.3 is 0 Å². The second kappa shape index (κ2) is 5.16. The van der Waals surface area contributed by atoms with Crippen LogP contribution in [0.3, 0.4) is 0 Å². The number of hydrogen-bond donors (Lipinski definition) is 1. The van der Waals surface area contributed by atoms with E-state index in [2.05, 4.69) is 20.5 Å². The molecule has 1 aliphatic heterocycles. The van der Waals surface area contributed by atoms with E-state index >= 15 is 0 Å². The summed E-state index contributed by atoms with van der Waals surface area (Å²) in [6.07, 6.45) is 7.27. The minimum absolute atomic E-state index is 0.0289. The number of rotatable bonds is 3. The molecule has 0 saturated carbocycles. The van der Waals surface area contributed by atoms with Crippen molar-refractivity contribution in [3.05, 3.63) is 30.1 Å². The summed E-state index contributed by atoms with van der Waals surface area (Å²) >= 11 is 0. The van der Waals surface area contributed by atoms with Crippen molar-refractivity contribution < 1.29 is 4.79 Å². The first-order valence-electron chi connectivity index (χ1n) is 5.08. The highest BCUT2D eigenvalue weighted by atomic mass is 16.1. The summed E-state index contributed by atoms with van der Waals surface area (Å²) in [6.45, 7) is 0.494. The molecule has 82 valence electrons. The van der Waals surface area contributed by atoms with Gasteiger partial charge in [0.05, 0.1) is 5.92 Å². The first-order valence-corrected chi connectivity index (χ1v) is 5.08. The van der Waals surface area contributed by atoms with Crippen LogP contribution in [0.15, 0.2) is 34.7 Å². The highest BCUT2D eigenvalue weighted by Crippen LogP contribution is 2.03. The lowest BCUT2D eigenvalue weighted by atomic mass is 10.1. The minimum atomic E-state index is -0.200. The molecule has 2 rings (SSSR count). The number of pyridine rings is 1. The standard InChI is InChI=1S/C11H12N4O/c16-11(10-3-5-14-15-8-10)13-7-9-2-1-4-12-6-9/h1-2,4-6,8,10H,3,7H2,(H,13,16). The van der Waals surface area contributed by atoms with Gasteiger partial charge in [0.1, 0.15) is 0 Å². The molecule has 1 aliphatic rings. The average Bonchev–Trinajstić information content (AvgIpc) is 2.38. The molecule has 0 aromatic carbocycles. The molecular weight excluding hydrogens is 204 g/mol. The van der Waals surface area contributed by atoms with E-state index in [4.69, 9.17) is 0 Å². The van der Waals surface area contributed by atoms with Crippen LogP contribution < -0.4 is 5.32 Å². The summed E-state index contributed by atoms with van der Waals surface area (Å²) in [5.41, 5.74) is 0.984. The molecule has 0 bridgehead atoms. The predicted molar refractivity (Wildman–Crippen MR) is 61.2 cm³/mol. The molecule has 0 aliphatic carbocycles. The van der Waals surface area contributed by atoms with Crippen LogP contribution in [0.4, 0.5) is 0 Å². The third kappa shape index (κ3) is 2.73. The summed E-state index contributed by atoms with van der Waals surface area (Å²) in [4.78, 5) is 15.7. The van der Waals surface area contributed by atoms with Crippen molar-refractivity contribution in [1.29, 1.82) is 0 Å². The Hall–Kier alpha value is -2.04. The number of nitrogens with zero attached hydrogens (tertiary/aromatic N) is 3. The van der Waals surface area contributed by atoms with Crippen molar-refractivity contribution >= 4 is 18.3 Å². The number of nitrogens with one attached hydrogen (secondary N) is 1. The van der Waals surface area contributed by atoms with Crippen LogP contribution in [-0.4, -0.2) is 23.3 Å². The molecule has 1 aromatic rings. The zero-order valence-corrected chi connectivity index (χ0v) is 8.71. The van der Waals surface area contributed by atoms with Gasteiger partial charge in [-0.05, 0) is 11.6 Å². The van der Waals surface area contributed by atoms with E-state index in [9.17, 15) is 4.79 Å². The highest BCUT2D eigenvalue weighted by molar-refractivity contribution is 5.96. The van der Waals surface area contributed by atoms with Crippen LogP contribution in [-0.2, 0) is 11.3 Å². The number of amides is 1. The largest absolute Gasteiger partial charge is 0.351 e. The van der Waals surface area contributed by atoms with E-state index in [1.54, 1.807) is 24.8 Å². The van der Waals surface area contributed by atoms with E-state index in [0.717, 1.165) is 5.56 Å². The molecule has 2 heterocycles. The van der Waals surface area contributed by atoms with Gasteiger partial charge in [-0.15, -0.1) is 0 Å². The summed E-state index contributed by atoms with van der Waals surface area (Å²) in [7, 11) is 0. The Labute approximate surface area is 93.3 Å². The zero-order valence-electron chi connectivity index (χ0n) is 8.71. The molecule has 5 heteroatoms. The maximum absolute atomic E-state index is 11.7. The summed E-state index contributed by atoms with van der Waals surface area (Å²) in [5.74, 6) is -0.229. The molecule has 1 amide bonds. The maximum atomic E-state index is 11.7. The van der Waals surface area contributed by atoms with E-state index in [1.807, 2.05) is 12.1 Å². The van der Waals surface area contributed by atoms with E-state index in [1.165, 1.54) is 0 Å². The van der Waals surface area contributed by atoms with Crippen molar-refractivity contribution in [1.82, 2.24) is 10.3 Å². The SMILES string of the molecule is O=C(NCc1cccnc1)C1C=NN=CC1. The summed E-state index contributed by atoms with van der Waals surface area (Å²) < 4.78 is 0. The van der Waals surface area contributed by atoms with Gasteiger partial charge in [-0.3, -0.25) is 9.78 Å². The van der Waals surface area contributed by atoms with Crippen molar-refractivity contribution in [2.75, 3.05) is 0 Å². The van der Waals surface area contributed by atoms with Crippen molar-refractivity contribution in [2.24, 2.45) is 16.1 Å². The van der Waals surface area contributed by atoms with Crippen LogP contribution in [0.1, 0.15) is 12.0 Å². The molecule has 1 N–H and O–H groups in total. The Morgan fingerprint density at radius 3 is 3.12 bits per heavy atom. The Morgan fingerprint density at radius 2 is 2.44 bits per heavy atom. The molecule has 16 heavy (non-hydrogen) atoms. The van der Waals surface area contributed by atoms with Crippen LogP contribution in [0.5, 0.6) is 0 Å². The number of carbonyl (C=O) groups excluding carboxylic acids is 1. The molecule has 0 saturated heterocycles. The first kappa shape index (κ1) is 10.5. The Morgan fingerprint density at radius 1 is 1.50 bits per heavy atom. The zero-order chi connectivity index (χ0) is 11.2. The second-order valence-electron chi connectivity index (χ2n) is 3.48. The number of hydrogen-bond acceptors (Lipinski definition) is 4. The molecule has 0 radical (unpaired) electrons. The van der Waals surface area contributed by atoms with Crippen molar-refractivity contribution in [3.8, 4) is 0 Å². The van der Waals surface area contributed by atoms with Crippen LogP contribution >= 0.6 is 0 Å². The van der Waals surface area contributed by atoms with Crippen LogP contribution in [0.25, 0.3) is 0 Å². The fourth-order valence-electron chi connectivity index (χ4n) is 1.39. The molecule has 1 aromatic heterocycles. The van der Waals surface area contributed by atoms with Gasteiger partial charge in [-0.25, -0.2) is 0 Å². The van der Waals surface area contributed by atoms with Gasteiger partial charge in [0.25, 0.3) is 0 Å². The van der Waals surface area contributed by atoms with Crippen LogP contribution in [0.2, 0.25) is 0 Å². The predicted octanol–water partition coefficient (Wildman–Crippen LogP) is 0.774. The minimum Gasteiger partial charge on any atom is -0.351 e. The molecule has 0 spiro atoms. The second-order valence-corrected chi connectivity index (χ2v) is 3.48. The summed E-state index contributed by atoms with van der Waals surface area (Å²) in [5, 5.41) is 10.2. The third-order valence-corrected chi connectivity index (χ3v) is 2.28. The topological polar surface area (TPSA) is 66.7 Å². The Balaban J connectivity index is 1.84. The number of carbonyl (C=O) groups is 1. The Bertz CT molecular complexity index is 413. The van der Waals surface area contributed by atoms with Gasteiger partial charge in [0.2, 0.25) is 5.91 Å². The van der Waals surface area contributed by atoms with Crippen LogP contribution in [0, 0.1) is 5.92 Å². The van der Waals surface area contributed by atoms with Gasteiger partial charge < -0.3 is 5.32 Å². The average molecular weight is 216 g/mol. The quantitative estimate of drug-likeness (QED) is 0.811. The van der Waals surface area contributed by atoms with Gasteiger partial charge in [-0.2, -0.15) is 10.2 Å². The van der Waals surface area contributed by atoms with E-state index in [-0.39, 0.29) is 11.8 Å².